The lowest BCUT2D eigenvalue weighted by Crippen LogP contribution is -1.98. The van der Waals surface area contributed by atoms with Gasteiger partial charge in [-0.05, 0) is 18.6 Å². The van der Waals surface area contributed by atoms with E-state index in [0.717, 1.165) is 16.5 Å². The van der Waals surface area contributed by atoms with E-state index in [2.05, 4.69) is 4.98 Å². The molecule has 0 radical (unpaired) electrons. The van der Waals surface area contributed by atoms with Gasteiger partial charge in [0.15, 0.2) is 0 Å². The van der Waals surface area contributed by atoms with E-state index in [1.807, 2.05) is 19.1 Å². The van der Waals surface area contributed by atoms with Crippen molar-refractivity contribution in [1.82, 2.24) is 4.98 Å². The molecule has 0 bridgehead atoms. The van der Waals surface area contributed by atoms with Crippen LogP contribution in [-0.2, 0) is 0 Å². The van der Waals surface area contributed by atoms with E-state index < -0.39 is 0 Å². The Morgan fingerprint density at radius 3 is 2.71 bits per heavy atom. The zero-order valence-corrected chi connectivity index (χ0v) is 8.47. The van der Waals surface area contributed by atoms with E-state index in [0.29, 0.717) is 16.4 Å². The molecule has 0 aliphatic heterocycles. The molecule has 1 aromatic carbocycles. The minimum Gasteiger partial charge on any atom is -0.396 e. The van der Waals surface area contributed by atoms with Crippen LogP contribution in [0.4, 0.5) is 11.4 Å². The van der Waals surface area contributed by atoms with E-state index in [1.54, 1.807) is 6.20 Å². The number of hydrogen-bond acceptors (Lipinski definition) is 3. The second-order valence-corrected chi connectivity index (χ2v) is 3.60. The lowest BCUT2D eigenvalue weighted by molar-refractivity contribution is 1.40. The predicted molar refractivity (Wildman–Crippen MR) is 60.3 cm³/mol. The van der Waals surface area contributed by atoms with Crippen LogP contribution < -0.4 is 11.5 Å². The average Bonchev–Trinajstić information content (AvgIpc) is 2.17. The van der Waals surface area contributed by atoms with Crippen molar-refractivity contribution in [2.24, 2.45) is 0 Å². The van der Waals surface area contributed by atoms with E-state index in [9.17, 15) is 0 Å². The molecule has 2 aromatic rings. The summed E-state index contributed by atoms with van der Waals surface area (Å²) in [5.74, 6) is 0. The molecule has 0 atom stereocenters. The van der Waals surface area contributed by atoms with Gasteiger partial charge in [-0.3, -0.25) is 4.98 Å². The fourth-order valence-corrected chi connectivity index (χ4v) is 1.65. The van der Waals surface area contributed by atoms with Gasteiger partial charge in [-0.2, -0.15) is 0 Å². The molecule has 1 heterocycles. The van der Waals surface area contributed by atoms with Gasteiger partial charge in [0.25, 0.3) is 0 Å². The second-order valence-electron chi connectivity index (χ2n) is 3.22. The van der Waals surface area contributed by atoms with Gasteiger partial charge in [-0.1, -0.05) is 17.7 Å². The van der Waals surface area contributed by atoms with Crippen LogP contribution in [0.1, 0.15) is 5.56 Å². The van der Waals surface area contributed by atoms with E-state index in [4.69, 9.17) is 23.1 Å². The number of aryl methyl sites for hydroxylation is 1. The lowest BCUT2D eigenvalue weighted by Gasteiger charge is -2.07. The molecular formula is C10H10ClN3. The van der Waals surface area contributed by atoms with Crippen LogP contribution in [0.15, 0.2) is 18.3 Å². The summed E-state index contributed by atoms with van der Waals surface area (Å²) in [5, 5.41) is 1.37. The van der Waals surface area contributed by atoms with Crippen LogP contribution in [0.2, 0.25) is 5.02 Å². The number of benzene rings is 1. The molecule has 0 aliphatic rings. The maximum Gasteiger partial charge on any atom is 0.0741 e. The van der Waals surface area contributed by atoms with E-state index in [-0.39, 0.29) is 0 Å². The second kappa shape index (κ2) is 3.03. The van der Waals surface area contributed by atoms with Gasteiger partial charge in [0.1, 0.15) is 0 Å². The van der Waals surface area contributed by atoms with E-state index in [1.165, 1.54) is 0 Å². The highest BCUT2D eigenvalue weighted by Crippen LogP contribution is 2.32. The zero-order valence-electron chi connectivity index (χ0n) is 7.71. The average molecular weight is 208 g/mol. The summed E-state index contributed by atoms with van der Waals surface area (Å²) in [6, 6.07) is 3.79. The Hall–Kier alpha value is -1.48. The molecule has 3 nitrogen and oxygen atoms in total. The number of aromatic nitrogens is 1. The predicted octanol–water partition coefficient (Wildman–Crippen LogP) is 2.36. The van der Waals surface area contributed by atoms with Crippen molar-refractivity contribution in [3.63, 3.8) is 0 Å². The maximum atomic E-state index is 6.13. The molecule has 4 heteroatoms. The summed E-state index contributed by atoms with van der Waals surface area (Å²) < 4.78 is 0. The number of anilines is 2. The molecule has 14 heavy (non-hydrogen) atoms. The Balaban J connectivity index is 2.98. The van der Waals surface area contributed by atoms with Crippen molar-refractivity contribution >= 4 is 33.9 Å². The minimum atomic E-state index is 0.463. The first-order valence-electron chi connectivity index (χ1n) is 4.20. The van der Waals surface area contributed by atoms with Crippen LogP contribution in [0.25, 0.3) is 10.9 Å². The Bertz CT molecular complexity index is 465. The summed E-state index contributed by atoms with van der Waals surface area (Å²) in [7, 11) is 0. The molecule has 0 fully saturated rings. The number of nitrogens with two attached hydrogens (primary N) is 2. The maximum absolute atomic E-state index is 6.13. The molecule has 0 spiro atoms. The van der Waals surface area contributed by atoms with Crippen LogP contribution in [0.5, 0.6) is 0 Å². The molecule has 0 amide bonds. The van der Waals surface area contributed by atoms with Crippen molar-refractivity contribution in [3.8, 4) is 0 Å². The molecule has 4 N–H and O–H groups in total. The smallest absolute Gasteiger partial charge is 0.0741 e. The minimum absolute atomic E-state index is 0.463. The van der Waals surface area contributed by atoms with Crippen LogP contribution in [0.3, 0.4) is 0 Å². The van der Waals surface area contributed by atoms with Gasteiger partial charge in [-0.15, -0.1) is 0 Å². The third-order valence-corrected chi connectivity index (χ3v) is 2.72. The molecule has 0 saturated carbocycles. The van der Waals surface area contributed by atoms with Gasteiger partial charge in [0, 0.05) is 5.39 Å². The lowest BCUT2D eigenvalue weighted by atomic mass is 10.1. The highest BCUT2D eigenvalue weighted by atomic mass is 35.5. The van der Waals surface area contributed by atoms with Crippen molar-refractivity contribution in [2.45, 2.75) is 6.92 Å². The monoisotopic (exact) mass is 207 g/mol. The zero-order chi connectivity index (χ0) is 10.3. The molecule has 72 valence electrons. The SMILES string of the molecule is Cc1ccc2ncc(N)c(N)c2c1Cl. The number of halogens is 1. The summed E-state index contributed by atoms with van der Waals surface area (Å²) >= 11 is 6.13. The standard InChI is InChI=1S/C10H10ClN3/c1-5-2-3-7-8(9(5)11)10(13)6(12)4-14-7/h2-4H,12H2,1H3,(H2,13,14). The van der Waals surface area contributed by atoms with Crippen molar-refractivity contribution in [1.29, 1.82) is 0 Å². The topological polar surface area (TPSA) is 64.9 Å². The molecule has 2 rings (SSSR count). The third-order valence-electron chi connectivity index (χ3n) is 2.24. The normalized spacial score (nSPS) is 10.7. The number of hydrogen-bond donors (Lipinski definition) is 2. The molecule has 0 saturated heterocycles. The van der Waals surface area contributed by atoms with Crippen LogP contribution >= 0.6 is 11.6 Å². The largest absolute Gasteiger partial charge is 0.396 e. The summed E-state index contributed by atoms with van der Waals surface area (Å²) in [5.41, 5.74) is 14.2. The highest BCUT2D eigenvalue weighted by molar-refractivity contribution is 6.37. The number of nitrogens with zero attached hydrogens (tertiary/aromatic N) is 1. The van der Waals surface area contributed by atoms with Crippen molar-refractivity contribution in [2.75, 3.05) is 11.5 Å². The Labute approximate surface area is 86.7 Å². The van der Waals surface area contributed by atoms with Crippen LogP contribution in [0, 0.1) is 6.92 Å². The number of fused-ring (bicyclic) bond motifs is 1. The fourth-order valence-electron chi connectivity index (χ4n) is 1.39. The first kappa shape index (κ1) is 9.09. The third kappa shape index (κ3) is 1.17. The van der Waals surface area contributed by atoms with Gasteiger partial charge >= 0.3 is 0 Å². The Kier molecular flexibility index (Phi) is 1.97. The Morgan fingerprint density at radius 2 is 2.00 bits per heavy atom. The fraction of sp³-hybridized carbons (Fsp3) is 0.100. The quantitative estimate of drug-likeness (QED) is 0.697. The van der Waals surface area contributed by atoms with Gasteiger partial charge in [0.05, 0.1) is 28.1 Å². The highest BCUT2D eigenvalue weighted by Gasteiger charge is 2.08. The van der Waals surface area contributed by atoms with E-state index >= 15 is 0 Å². The summed E-state index contributed by atoms with van der Waals surface area (Å²) in [4.78, 5) is 4.15. The molecule has 1 aromatic heterocycles. The summed E-state index contributed by atoms with van der Waals surface area (Å²) in [6.07, 6.45) is 1.54. The van der Waals surface area contributed by atoms with Crippen molar-refractivity contribution in [3.05, 3.63) is 28.9 Å². The summed E-state index contributed by atoms with van der Waals surface area (Å²) in [6.45, 7) is 1.92. The Morgan fingerprint density at radius 1 is 1.29 bits per heavy atom. The van der Waals surface area contributed by atoms with Crippen molar-refractivity contribution < 1.29 is 0 Å². The molecular weight excluding hydrogens is 198 g/mol. The number of rotatable bonds is 0. The molecule has 0 aliphatic carbocycles. The van der Waals surface area contributed by atoms with Gasteiger partial charge < -0.3 is 11.5 Å². The van der Waals surface area contributed by atoms with Crippen LogP contribution in [-0.4, -0.2) is 4.98 Å². The molecule has 0 unspecified atom stereocenters. The number of nitrogen functional groups attached to an aromatic ring is 2. The first-order valence-corrected chi connectivity index (χ1v) is 4.58. The van der Waals surface area contributed by atoms with Gasteiger partial charge in [0.2, 0.25) is 0 Å². The first-order chi connectivity index (χ1) is 6.61. The number of pyridine rings is 1. The van der Waals surface area contributed by atoms with Gasteiger partial charge in [-0.25, -0.2) is 0 Å².